The van der Waals surface area contributed by atoms with Crippen molar-refractivity contribution in [3.05, 3.63) is 0 Å². The number of rotatable bonds is 9. The first-order valence-electron chi connectivity index (χ1n) is 5.65. The topological polar surface area (TPSA) is 149 Å². The molecule has 0 amide bonds. The van der Waals surface area contributed by atoms with Crippen LogP contribution in [0.5, 0.6) is 0 Å². The number of carbonyl (C=O) groups is 4. The van der Waals surface area contributed by atoms with Crippen LogP contribution >= 0.6 is 0 Å². The molecule has 0 aliphatic carbocycles. The summed E-state index contributed by atoms with van der Waals surface area (Å²) in [5.74, 6) is -12.5. The summed E-state index contributed by atoms with van der Waals surface area (Å²) in [4.78, 5) is 43.7. The maximum Gasteiger partial charge on any atom is 0.318 e. The number of hydrogen-bond donors (Lipinski definition) is 4. The Kier molecular flexibility index (Phi) is 6.53. The molecule has 0 saturated carbocycles. The van der Waals surface area contributed by atoms with Crippen LogP contribution in [0.2, 0.25) is 0 Å². The fourth-order valence-electron chi connectivity index (χ4n) is 1.91. The van der Waals surface area contributed by atoms with Crippen molar-refractivity contribution >= 4 is 23.9 Å². The molecule has 0 aromatic rings. The Bertz CT molecular complexity index is 315. The van der Waals surface area contributed by atoms with Crippen molar-refractivity contribution in [1.29, 1.82) is 0 Å². The van der Waals surface area contributed by atoms with Gasteiger partial charge in [-0.3, -0.25) is 19.2 Å². The van der Waals surface area contributed by atoms with Gasteiger partial charge in [0.2, 0.25) is 0 Å². The predicted molar refractivity (Wildman–Crippen MR) is 60.5 cm³/mol. The molecule has 0 aromatic heterocycles. The zero-order valence-corrected chi connectivity index (χ0v) is 10.3. The zero-order chi connectivity index (χ0) is 15.2. The molecule has 0 unspecified atom stereocenters. The molecular weight excluding hydrogens is 260 g/mol. The first-order valence-corrected chi connectivity index (χ1v) is 5.65. The highest BCUT2D eigenvalue weighted by molar-refractivity contribution is 5.98. The molecule has 0 saturated heterocycles. The molecule has 0 aliphatic rings. The van der Waals surface area contributed by atoms with E-state index in [0.717, 1.165) is 0 Å². The van der Waals surface area contributed by atoms with Gasteiger partial charge in [-0.1, -0.05) is 19.8 Å². The summed E-state index contributed by atoms with van der Waals surface area (Å²) in [6, 6.07) is 0. The standard InChI is InChI=1S/C11H16O8/c1-2-3-4-5(6(8(12)13)9(14)15)7(10(16)17)11(18)19/h5-7H,2-4H2,1H3,(H,12,13)(H,14,15)(H,16,17)(H,18,19). The van der Waals surface area contributed by atoms with E-state index in [2.05, 4.69) is 0 Å². The second-order valence-corrected chi connectivity index (χ2v) is 4.11. The third kappa shape index (κ3) is 4.57. The summed E-state index contributed by atoms with van der Waals surface area (Å²) in [5, 5.41) is 35.4. The quantitative estimate of drug-likeness (QED) is 0.441. The highest BCUT2D eigenvalue weighted by Gasteiger charge is 2.45. The highest BCUT2D eigenvalue weighted by atomic mass is 16.4. The average molecular weight is 276 g/mol. The summed E-state index contributed by atoms with van der Waals surface area (Å²) in [6.45, 7) is 1.74. The van der Waals surface area contributed by atoms with Gasteiger partial charge in [0.15, 0.2) is 11.8 Å². The number of aliphatic carboxylic acids is 4. The molecule has 0 radical (unpaired) electrons. The lowest BCUT2D eigenvalue weighted by molar-refractivity contribution is -0.165. The molecule has 0 heterocycles. The van der Waals surface area contributed by atoms with Crippen molar-refractivity contribution in [2.24, 2.45) is 17.8 Å². The first-order chi connectivity index (χ1) is 8.73. The molecular formula is C11H16O8. The van der Waals surface area contributed by atoms with Gasteiger partial charge in [-0.15, -0.1) is 0 Å². The second-order valence-electron chi connectivity index (χ2n) is 4.11. The van der Waals surface area contributed by atoms with Crippen LogP contribution in [0, 0.1) is 17.8 Å². The van der Waals surface area contributed by atoms with Gasteiger partial charge < -0.3 is 20.4 Å². The summed E-state index contributed by atoms with van der Waals surface area (Å²) in [7, 11) is 0. The molecule has 108 valence electrons. The van der Waals surface area contributed by atoms with Gasteiger partial charge in [-0.25, -0.2) is 0 Å². The Morgan fingerprint density at radius 1 is 0.789 bits per heavy atom. The summed E-state index contributed by atoms with van der Waals surface area (Å²) < 4.78 is 0. The van der Waals surface area contributed by atoms with E-state index >= 15 is 0 Å². The van der Waals surface area contributed by atoms with Crippen LogP contribution in [-0.4, -0.2) is 44.3 Å². The van der Waals surface area contributed by atoms with Crippen molar-refractivity contribution in [3.63, 3.8) is 0 Å². The minimum absolute atomic E-state index is 0.0942. The van der Waals surface area contributed by atoms with E-state index in [9.17, 15) is 19.2 Å². The van der Waals surface area contributed by atoms with Crippen LogP contribution in [0.4, 0.5) is 0 Å². The lowest BCUT2D eigenvalue weighted by Gasteiger charge is -2.24. The molecule has 0 aliphatic heterocycles. The summed E-state index contributed by atoms with van der Waals surface area (Å²) >= 11 is 0. The minimum Gasteiger partial charge on any atom is -0.481 e. The molecule has 8 nitrogen and oxygen atoms in total. The molecule has 8 heteroatoms. The van der Waals surface area contributed by atoms with E-state index in [0.29, 0.717) is 12.8 Å². The van der Waals surface area contributed by atoms with Gasteiger partial charge in [-0.05, 0) is 6.42 Å². The number of carboxylic acid groups (broad SMARTS) is 4. The zero-order valence-electron chi connectivity index (χ0n) is 10.3. The fraction of sp³-hybridized carbons (Fsp3) is 0.636. The summed E-state index contributed by atoms with van der Waals surface area (Å²) in [6.07, 6.45) is 0.816. The monoisotopic (exact) mass is 276 g/mol. The lowest BCUT2D eigenvalue weighted by atomic mass is 9.78. The first kappa shape index (κ1) is 16.9. The molecule has 0 aromatic carbocycles. The lowest BCUT2D eigenvalue weighted by Crippen LogP contribution is -2.41. The second kappa shape index (κ2) is 7.34. The van der Waals surface area contributed by atoms with Crippen LogP contribution in [0.1, 0.15) is 26.2 Å². The number of carboxylic acids is 4. The van der Waals surface area contributed by atoms with E-state index in [1.807, 2.05) is 0 Å². The van der Waals surface area contributed by atoms with E-state index in [1.54, 1.807) is 6.92 Å². The average Bonchev–Trinajstić information content (AvgIpc) is 2.23. The van der Waals surface area contributed by atoms with Crippen molar-refractivity contribution < 1.29 is 39.6 Å². The number of hydrogen-bond acceptors (Lipinski definition) is 4. The van der Waals surface area contributed by atoms with Crippen LogP contribution in [-0.2, 0) is 19.2 Å². The maximum absolute atomic E-state index is 10.9. The molecule has 0 bridgehead atoms. The normalized spacial score (nSPS) is 10.9. The van der Waals surface area contributed by atoms with Crippen molar-refractivity contribution in [2.45, 2.75) is 26.2 Å². The predicted octanol–water partition coefficient (Wildman–Crippen LogP) is 0.364. The smallest absolute Gasteiger partial charge is 0.318 e. The molecule has 0 atom stereocenters. The Hall–Kier alpha value is -2.12. The Labute approximate surface area is 108 Å². The van der Waals surface area contributed by atoms with Crippen molar-refractivity contribution in [2.75, 3.05) is 0 Å². The third-order valence-electron chi connectivity index (χ3n) is 2.81. The van der Waals surface area contributed by atoms with Crippen molar-refractivity contribution in [1.82, 2.24) is 0 Å². The van der Waals surface area contributed by atoms with Gasteiger partial charge >= 0.3 is 23.9 Å². The largest absolute Gasteiger partial charge is 0.481 e. The third-order valence-corrected chi connectivity index (χ3v) is 2.81. The van der Waals surface area contributed by atoms with Gasteiger partial charge in [-0.2, -0.15) is 0 Å². The van der Waals surface area contributed by atoms with Crippen LogP contribution in [0.25, 0.3) is 0 Å². The van der Waals surface area contributed by atoms with E-state index in [4.69, 9.17) is 20.4 Å². The highest BCUT2D eigenvalue weighted by Crippen LogP contribution is 2.28. The van der Waals surface area contributed by atoms with E-state index in [-0.39, 0.29) is 6.42 Å². The van der Waals surface area contributed by atoms with Crippen LogP contribution < -0.4 is 0 Å². The van der Waals surface area contributed by atoms with Crippen LogP contribution in [0.15, 0.2) is 0 Å². The van der Waals surface area contributed by atoms with Gasteiger partial charge in [0.25, 0.3) is 0 Å². The Morgan fingerprint density at radius 3 is 1.32 bits per heavy atom. The molecule has 4 N–H and O–H groups in total. The Morgan fingerprint density at radius 2 is 1.11 bits per heavy atom. The van der Waals surface area contributed by atoms with Crippen LogP contribution in [0.3, 0.4) is 0 Å². The van der Waals surface area contributed by atoms with E-state index < -0.39 is 41.6 Å². The maximum atomic E-state index is 10.9. The van der Waals surface area contributed by atoms with Gasteiger partial charge in [0.1, 0.15) is 0 Å². The van der Waals surface area contributed by atoms with Crippen molar-refractivity contribution in [3.8, 4) is 0 Å². The number of unbranched alkanes of at least 4 members (excludes halogenated alkanes) is 1. The van der Waals surface area contributed by atoms with E-state index in [1.165, 1.54) is 0 Å². The Balaban J connectivity index is 5.48. The molecule has 0 spiro atoms. The molecule has 0 fully saturated rings. The summed E-state index contributed by atoms with van der Waals surface area (Å²) in [5.41, 5.74) is 0. The fourth-order valence-corrected chi connectivity index (χ4v) is 1.91. The SMILES string of the molecule is CCCCC(C(C(=O)O)C(=O)O)C(C(=O)O)C(=O)O. The molecule has 19 heavy (non-hydrogen) atoms. The van der Waals surface area contributed by atoms with Gasteiger partial charge in [0, 0.05) is 5.92 Å². The molecule has 0 rings (SSSR count). The minimum atomic E-state index is -2.05. The van der Waals surface area contributed by atoms with Gasteiger partial charge in [0.05, 0.1) is 0 Å².